The first kappa shape index (κ1) is 14.6. The van der Waals surface area contributed by atoms with E-state index in [2.05, 4.69) is 10.3 Å². The first-order valence-electron chi connectivity index (χ1n) is 6.22. The van der Waals surface area contributed by atoms with Crippen molar-refractivity contribution in [3.8, 4) is 0 Å². The number of carboxylic acid groups (broad SMARTS) is 1. The molecule has 21 heavy (non-hydrogen) atoms. The van der Waals surface area contributed by atoms with Crippen molar-refractivity contribution in [1.29, 1.82) is 0 Å². The Morgan fingerprint density at radius 1 is 1.43 bits per heavy atom. The molecule has 2 rings (SSSR count). The smallest absolute Gasteiger partial charge is 0.339 e. The van der Waals surface area contributed by atoms with Crippen LogP contribution in [0, 0.1) is 13.8 Å². The maximum absolute atomic E-state index is 11.4. The van der Waals surface area contributed by atoms with Gasteiger partial charge in [-0.1, -0.05) is 0 Å². The van der Waals surface area contributed by atoms with Gasteiger partial charge in [0, 0.05) is 6.20 Å². The molecule has 0 bridgehead atoms. The number of primary amides is 1. The fourth-order valence-corrected chi connectivity index (χ4v) is 2.02. The lowest BCUT2D eigenvalue weighted by molar-refractivity contribution is 0.0694. The molecule has 1 amide bonds. The van der Waals surface area contributed by atoms with Crippen LogP contribution in [0.25, 0.3) is 0 Å². The van der Waals surface area contributed by atoms with Gasteiger partial charge in [0.15, 0.2) is 0 Å². The Labute approximate surface area is 120 Å². The van der Waals surface area contributed by atoms with Gasteiger partial charge < -0.3 is 20.6 Å². The molecule has 0 fully saturated rings. The molecule has 0 unspecified atom stereocenters. The zero-order valence-corrected chi connectivity index (χ0v) is 11.6. The minimum atomic E-state index is -1.05. The van der Waals surface area contributed by atoms with Crippen molar-refractivity contribution >= 4 is 17.7 Å². The molecule has 2 heterocycles. The molecule has 0 aromatic carbocycles. The third-order valence-electron chi connectivity index (χ3n) is 3.03. The van der Waals surface area contributed by atoms with E-state index in [0.29, 0.717) is 28.5 Å². The molecule has 110 valence electrons. The molecule has 0 aliphatic carbocycles. The van der Waals surface area contributed by atoms with Gasteiger partial charge >= 0.3 is 5.97 Å². The number of rotatable bonds is 5. The first-order valence-corrected chi connectivity index (χ1v) is 6.22. The number of nitrogens with zero attached hydrogens (tertiary/aromatic N) is 1. The number of pyridine rings is 1. The molecule has 2 aromatic rings. The van der Waals surface area contributed by atoms with Gasteiger partial charge in [-0.3, -0.25) is 4.79 Å². The van der Waals surface area contributed by atoms with Crippen LogP contribution in [-0.2, 0) is 6.54 Å². The molecular formula is C14H15N3O4. The standard InChI is InChI=1S/C14H15N3O4/c1-7-3-4-16-13(11(7)12(15)18)17-6-9-5-10(14(19)20)8(2)21-9/h3-5H,6H2,1-2H3,(H2,15,18)(H,16,17)(H,19,20). The molecular weight excluding hydrogens is 274 g/mol. The van der Waals surface area contributed by atoms with Gasteiger partial charge in [-0.25, -0.2) is 9.78 Å². The lowest BCUT2D eigenvalue weighted by Gasteiger charge is -2.09. The lowest BCUT2D eigenvalue weighted by atomic mass is 10.1. The summed E-state index contributed by atoms with van der Waals surface area (Å²) in [6.07, 6.45) is 1.56. The van der Waals surface area contributed by atoms with E-state index in [1.807, 2.05) is 0 Å². The van der Waals surface area contributed by atoms with Crippen LogP contribution in [0.4, 0.5) is 5.82 Å². The quantitative estimate of drug-likeness (QED) is 0.770. The Balaban J connectivity index is 2.21. The molecule has 0 saturated heterocycles. The maximum atomic E-state index is 11.4. The lowest BCUT2D eigenvalue weighted by Crippen LogP contribution is -2.17. The number of furan rings is 1. The van der Waals surface area contributed by atoms with Gasteiger partial charge in [0.25, 0.3) is 5.91 Å². The van der Waals surface area contributed by atoms with Crippen LogP contribution < -0.4 is 11.1 Å². The van der Waals surface area contributed by atoms with Crippen LogP contribution in [0.5, 0.6) is 0 Å². The van der Waals surface area contributed by atoms with Crippen LogP contribution in [0.15, 0.2) is 22.7 Å². The van der Waals surface area contributed by atoms with E-state index >= 15 is 0 Å². The number of amides is 1. The minimum Gasteiger partial charge on any atom is -0.478 e. The third kappa shape index (κ3) is 3.02. The van der Waals surface area contributed by atoms with Crippen molar-refractivity contribution in [1.82, 2.24) is 4.98 Å². The number of anilines is 1. The molecule has 2 aromatic heterocycles. The van der Waals surface area contributed by atoms with Crippen molar-refractivity contribution in [3.63, 3.8) is 0 Å². The van der Waals surface area contributed by atoms with Crippen LogP contribution in [0.3, 0.4) is 0 Å². The van der Waals surface area contributed by atoms with E-state index in [4.69, 9.17) is 15.3 Å². The SMILES string of the molecule is Cc1ccnc(NCc2cc(C(=O)O)c(C)o2)c1C(N)=O. The molecule has 0 spiro atoms. The van der Waals surface area contributed by atoms with Gasteiger partial charge in [0.05, 0.1) is 12.1 Å². The van der Waals surface area contributed by atoms with Gasteiger partial charge in [0.1, 0.15) is 22.9 Å². The summed E-state index contributed by atoms with van der Waals surface area (Å²) >= 11 is 0. The van der Waals surface area contributed by atoms with Gasteiger partial charge in [0.2, 0.25) is 0 Å². The fraction of sp³-hybridized carbons (Fsp3) is 0.214. The molecule has 0 aliphatic rings. The van der Waals surface area contributed by atoms with E-state index < -0.39 is 11.9 Å². The number of nitrogens with one attached hydrogen (secondary N) is 1. The van der Waals surface area contributed by atoms with E-state index in [9.17, 15) is 9.59 Å². The van der Waals surface area contributed by atoms with E-state index in [-0.39, 0.29) is 12.1 Å². The van der Waals surface area contributed by atoms with Gasteiger partial charge in [-0.15, -0.1) is 0 Å². The van der Waals surface area contributed by atoms with Gasteiger partial charge in [-0.05, 0) is 31.5 Å². The number of aromatic nitrogens is 1. The number of carboxylic acids is 1. The molecule has 7 nitrogen and oxygen atoms in total. The number of hydrogen-bond donors (Lipinski definition) is 3. The summed E-state index contributed by atoms with van der Waals surface area (Å²) in [5.41, 5.74) is 6.46. The van der Waals surface area contributed by atoms with Crippen molar-refractivity contribution in [2.75, 3.05) is 5.32 Å². The summed E-state index contributed by atoms with van der Waals surface area (Å²) in [5, 5.41) is 11.9. The maximum Gasteiger partial charge on any atom is 0.339 e. The highest BCUT2D eigenvalue weighted by molar-refractivity contribution is 5.99. The molecule has 7 heteroatoms. The largest absolute Gasteiger partial charge is 0.478 e. The average molecular weight is 289 g/mol. The average Bonchev–Trinajstić information content (AvgIpc) is 2.77. The second-order valence-corrected chi connectivity index (χ2v) is 4.56. The Kier molecular flexibility index (Phi) is 3.93. The van der Waals surface area contributed by atoms with Crippen LogP contribution in [-0.4, -0.2) is 22.0 Å². The van der Waals surface area contributed by atoms with E-state index in [0.717, 1.165) is 0 Å². The molecule has 4 N–H and O–H groups in total. The van der Waals surface area contributed by atoms with Crippen LogP contribution in [0.2, 0.25) is 0 Å². The van der Waals surface area contributed by atoms with Crippen LogP contribution >= 0.6 is 0 Å². The Morgan fingerprint density at radius 2 is 2.14 bits per heavy atom. The van der Waals surface area contributed by atoms with Gasteiger partial charge in [-0.2, -0.15) is 0 Å². The van der Waals surface area contributed by atoms with Crippen LogP contribution in [0.1, 0.15) is 37.8 Å². The predicted molar refractivity (Wildman–Crippen MR) is 75.2 cm³/mol. The summed E-state index contributed by atoms with van der Waals surface area (Å²) in [6, 6.07) is 3.12. The van der Waals surface area contributed by atoms with Crippen molar-refractivity contribution in [3.05, 3.63) is 46.5 Å². The van der Waals surface area contributed by atoms with E-state index in [1.165, 1.54) is 6.07 Å². The third-order valence-corrected chi connectivity index (χ3v) is 3.03. The van der Waals surface area contributed by atoms with E-state index in [1.54, 1.807) is 26.1 Å². The minimum absolute atomic E-state index is 0.110. The number of nitrogens with two attached hydrogens (primary N) is 1. The highest BCUT2D eigenvalue weighted by Crippen LogP contribution is 2.19. The number of aromatic carboxylic acids is 1. The predicted octanol–water partition coefficient (Wildman–Crippen LogP) is 1.70. The number of carbonyl (C=O) groups is 2. The highest BCUT2D eigenvalue weighted by Gasteiger charge is 2.15. The Morgan fingerprint density at radius 3 is 2.71 bits per heavy atom. The molecule has 0 atom stereocenters. The first-order chi connectivity index (χ1) is 9.90. The summed E-state index contributed by atoms with van der Waals surface area (Å²) in [7, 11) is 0. The summed E-state index contributed by atoms with van der Waals surface area (Å²) in [6.45, 7) is 3.53. The number of carbonyl (C=O) groups excluding carboxylic acids is 1. The second-order valence-electron chi connectivity index (χ2n) is 4.56. The number of hydrogen-bond acceptors (Lipinski definition) is 5. The zero-order valence-electron chi connectivity index (χ0n) is 11.6. The monoisotopic (exact) mass is 289 g/mol. The summed E-state index contributed by atoms with van der Waals surface area (Å²) in [4.78, 5) is 26.5. The summed E-state index contributed by atoms with van der Waals surface area (Å²) < 4.78 is 5.34. The van der Waals surface area contributed by atoms with Crippen molar-refractivity contribution < 1.29 is 19.1 Å². The summed E-state index contributed by atoms with van der Waals surface area (Å²) in [5.74, 6) is -0.525. The van der Waals surface area contributed by atoms with Crippen molar-refractivity contribution in [2.24, 2.45) is 5.73 Å². The zero-order chi connectivity index (χ0) is 15.6. The number of aryl methyl sites for hydroxylation is 2. The van der Waals surface area contributed by atoms with Crippen molar-refractivity contribution in [2.45, 2.75) is 20.4 Å². The fourth-order valence-electron chi connectivity index (χ4n) is 2.02. The highest BCUT2D eigenvalue weighted by atomic mass is 16.4. The molecule has 0 radical (unpaired) electrons. The molecule has 0 aliphatic heterocycles. The second kappa shape index (κ2) is 5.66. The Hall–Kier alpha value is -2.83. The Bertz CT molecular complexity index is 706. The topological polar surface area (TPSA) is 118 Å². The molecule has 0 saturated carbocycles. The normalized spacial score (nSPS) is 10.4.